The summed E-state index contributed by atoms with van der Waals surface area (Å²) >= 11 is 3.40. The molecule has 3 rings (SSSR count). The Kier molecular flexibility index (Phi) is 5.88. The molecule has 0 atom stereocenters. The van der Waals surface area contributed by atoms with Crippen LogP contribution in [0.3, 0.4) is 0 Å². The van der Waals surface area contributed by atoms with Gasteiger partial charge in [0, 0.05) is 21.3 Å². The van der Waals surface area contributed by atoms with Gasteiger partial charge in [0.2, 0.25) is 0 Å². The first kappa shape index (κ1) is 18.7. The fourth-order valence-corrected chi connectivity index (χ4v) is 2.62. The number of ketones is 1. The molecule has 1 heterocycles. The highest BCUT2D eigenvalue weighted by Crippen LogP contribution is 2.24. The number of amides is 1. The van der Waals surface area contributed by atoms with Crippen molar-refractivity contribution in [1.29, 1.82) is 0 Å². The van der Waals surface area contributed by atoms with Gasteiger partial charge in [-0.2, -0.15) is 0 Å². The molecule has 0 aliphatic carbocycles. The Morgan fingerprint density at radius 2 is 1.70 bits per heavy atom. The normalized spacial score (nSPS) is 10.7. The number of carbonyl (C=O) groups is 2. The van der Waals surface area contributed by atoms with Gasteiger partial charge in [-0.15, -0.1) is 0 Å². The number of halogens is 1. The number of carbonyl (C=O) groups excluding carboxylic acids is 2. The Morgan fingerprint density at radius 1 is 1.00 bits per heavy atom. The molecule has 0 bridgehead atoms. The van der Waals surface area contributed by atoms with E-state index >= 15 is 0 Å². The summed E-state index contributed by atoms with van der Waals surface area (Å²) in [5.74, 6) is 1.15. The van der Waals surface area contributed by atoms with E-state index in [2.05, 4.69) is 26.0 Å². The van der Waals surface area contributed by atoms with Crippen LogP contribution in [0.15, 0.2) is 75.6 Å². The highest BCUT2D eigenvalue weighted by Gasteiger charge is 2.06. The zero-order valence-electron chi connectivity index (χ0n) is 14.4. The van der Waals surface area contributed by atoms with E-state index in [1.165, 1.54) is 13.2 Å². The van der Waals surface area contributed by atoms with Crippen LogP contribution >= 0.6 is 15.9 Å². The summed E-state index contributed by atoms with van der Waals surface area (Å²) in [5.41, 5.74) is 2.01. The van der Waals surface area contributed by atoms with E-state index in [0.29, 0.717) is 17.0 Å². The second kappa shape index (κ2) is 8.51. The third-order valence-electron chi connectivity index (χ3n) is 3.76. The summed E-state index contributed by atoms with van der Waals surface area (Å²) in [4.78, 5) is 23.4. The molecule has 0 radical (unpaired) electrons. The average molecular weight is 426 g/mol. The van der Waals surface area contributed by atoms with E-state index in [4.69, 9.17) is 4.42 Å². The molecule has 0 aliphatic heterocycles. The van der Waals surface area contributed by atoms with Crippen LogP contribution in [0, 0.1) is 0 Å². The molecule has 1 N–H and O–H groups in total. The van der Waals surface area contributed by atoms with Crippen LogP contribution < -0.4 is 5.32 Å². The van der Waals surface area contributed by atoms with Crippen molar-refractivity contribution >= 4 is 39.6 Å². The summed E-state index contributed by atoms with van der Waals surface area (Å²) in [6.45, 7) is 0. The van der Waals surface area contributed by atoms with Crippen LogP contribution in [0.1, 0.15) is 16.1 Å². The van der Waals surface area contributed by atoms with Crippen molar-refractivity contribution in [3.63, 3.8) is 0 Å². The maximum absolute atomic E-state index is 12.3. The Hall–Kier alpha value is -3.12. The lowest BCUT2D eigenvalue weighted by Crippen LogP contribution is -2.10. The highest BCUT2D eigenvalue weighted by atomic mass is 79.9. The number of anilines is 1. The number of rotatable bonds is 5. The predicted molar refractivity (Wildman–Crippen MR) is 108 cm³/mol. The first-order valence-electron chi connectivity index (χ1n) is 8.08. The third-order valence-corrected chi connectivity index (χ3v) is 4.28. The molecule has 0 unspecified atom stereocenters. The van der Waals surface area contributed by atoms with E-state index in [0.717, 1.165) is 15.8 Å². The largest absolute Gasteiger partial charge is 0.457 e. The SMILES string of the molecule is COC(=O)Nc1ccc(C(=O)/C=C/c2ccc(-c3ccc(Br)cc3)o2)cc1. The average Bonchev–Trinajstić information content (AvgIpc) is 3.16. The first-order valence-corrected chi connectivity index (χ1v) is 8.87. The van der Waals surface area contributed by atoms with Crippen LogP contribution in [-0.2, 0) is 4.74 Å². The van der Waals surface area contributed by atoms with Crippen LogP contribution in [-0.4, -0.2) is 19.0 Å². The second-order valence-corrected chi connectivity index (χ2v) is 6.52. The maximum atomic E-state index is 12.3. The number of hydrogen-bond donors (Lipinski definition) is 1. The Bertz CT molecular complexity index is 972. The minimum absolute atomic E-state index is 0.166. The van der Waals surface area contributed by atoms with Gasteiger partial charge < -0.3 is 9.15 Å². The van der Waals surface area contributed by atoms with Crippen molar-refractivity contribution in [3.05, 3.63) is 82.5 Å². The van der Waals surface area contributed by atoms with Crippen molar-refractivity contribution in [2.24, 2.45) is 0 Å². The molecule has 27 heavy (non-hydrogen) atoms. The van der Waals surface area contributed by atoms with Crippen LogP contribution in [0.2, 0.25) is 0 Å². The molecule has 3 aromatic rings. The molecule has 0 saturated heterocycles. The number of nitrogens with one attached hydrogen (secondary N) is 1. The highest BCUT2D eigenvalue weighted by molar-refractivity contribution is 9.10. The van der Waals surface area contributed by atoms with E-state index in [9.17, 15) is 9.59 Å². The summed E-state index contributed by atoms with van der Waals surface area (Å²) in [6, 6.07) is 18.0. The monoisotopic (exact) mass is 425 g/mol. The lowest BCUT2D eigenvalue weighted by Gasteiger charge is -2.03. The van der Waals surface area contributed by atoms with Crippen LogP contribution in [0.4, 0.5) is 10.5 Å². The number of allylic oxidation sites excluding steroid dienone is 1. The van der Waals surface area contributed by atoms with E-state index in [1.807, 2.05) is 36.4 Å². The summed E-state index contributed by atoms with van der Waals surface area (Å²) in [6.07, 6.45) is 2.52. The molecule has 0 saturated carbocycles. The van der Waals surface area contributed by atoms with Crippen molar-refractivity contribution in [2.75, 3.05) is 12.4 Å². The van der Waals surface area contributed by atoms with Crippen molar-refractivity contribution in [3.8, 4) is 11.3 Å². The van der Waals surface area contributed by atoms with Gasteiger partial charge >= 0.3 is 6.09 Å². The van der Waals surface area contributed by atoms with Gasteiger partial charge in [-0.05, 0) is 60.7 Å². The smallest absolute Gasteiger partial charge is 0.411 e. The molecule has 6 heteroatoms. The van der Waals surface area contributed by atoms with Crippen molar-refractivity contribution < 1.29 is 18.7 Å². The standard InChI is InChI=1S/C21H16BrNO4/c1-26-21(25)23-17-8-4-14(5-9-17)19(24)12-10-18-11-13-20(27-18)15-2-6-16(22)7-3-15/h2-13H,1H3,(H,23,25)/b12-10+. The summed E-state index contributed by atoms with van der Waals surface area (Å²) in [7, 11) is 1.29. The van der Waals surface area contributed by atoms with Gasteiger partial charge in [0.1, 0.15) is 11.5 Å². The van der Waals surface area contributed by atoms with Gasteiger partial charge in [0.15, 0.2) is 5.78 Å². The van der Waals surface area contributed by atoms with E-state index in [1.54, 1.807) is 30.3 Å². The Morgan fingerprint density at radius 3 is 2.37 bits per heavy atom. The number of benzene rings is 2. The second-order valence-electron chi connectivity index (χ2n) is 5.60. The van der Waals surface area contributed by atoms with Gasteiger partial charge in [-0.1, -0.05) is 28.1 Å². The zero-order chi connectivity index (χ0) is 19.2. The minimum atomic E-state index is -0.562. The Labute approximate surface area is 164 Å². The molecule has 136 valence electrons. The first-order chi connectivity index (χ1) is 13.0. The molecule has 0 aliphatic rings. The summed E-state index contributed by atoms with van der Waals surface area (Å²) in [5, 5.41) is 2.53. The van der Waals surface area contributed by atoms with Gasteiger partial charge in [-0.25, -0.2) is 4.79 Å². The Balaban J connectivity index is 1.66. The molecule has 0 fully saturated rings. The molecule has 5 nitrogen and oxygen atoms in total. The number of furan rings is 1. The van der Waals surface area contributed by atoms with Gasteiger partial charge in [0.05, 0.1) is 7.11 Å². The lowest BCUT2D eigenvalue weighted by molar-refractivity contribution is 0.104. The zero-order valence-corrected chi connectivity index (χ0v) is 16.0. The molecular formula is C21H16BrNO4. The number of ether oxygens (including phenoxy) is 1. The molecular weight excluding hydrogens is 410 g/mol. The topological polar surface area (TPSA) is 68.5 Å². The predicted octanol–water partition coefficient (Wildman–Crippen LogP) is 5.78. The molecule has 1 aromatic heterocycles. The van der Waals surface area contributed by atoms with Crippen LogP contribution in [0.25, 0.3) is 17.4 Å². The third kappa shape index (κ3) is 4.95. The van der Waals surface area contributed by atoms with Crippen molar-refractivity contribution in [1.82, 2.24) is 0 Å². The van der Waals surface area contributed by atoms with Crippen LogP contribution in [0.5, 0.6) is 0 Å². The van der Waals surface area contributed by atoms with Crippen molar-refractivity contribution in [2.45, 2.75) is 0 Å². The van der Waals surface area contributed by atoms with E-state index < -0.39 is 6.09 Å². The lowest BCUT2D eigenvalue weighted by atomic mass is 10.1. The number of methoxy groups -OCH3 is 1. The van der Waals surface area contributed by atoms with Gasteiger partial charge in [0.25, 0.3) is 0 Å². The quantitative estimate of drug-likeness (QED) is 0.415. The minimum Gasteiger partial charge on any atom is -0.457 e. The van der Waals surface area contributed by atoms with Gasteiger partial charge in [-0.3, -0.25) is 10.1 Å². The fourth-order valence-electron chi connectivity index (χ4n) is 2.35. The summed E-state index contributed by atoms with van der Waals surface area (Å²) < 4.78 is 11.3. The van der Waals surface area contributed by atoms with E-state index in [-0.39, 0.29) is 5.78 Å². The fraction of sp³-hybridized carbons (Fsp3) is 0.0476. The maximum Gasteiger partial charge on any atom is 0.411 e. The molecule has 1 amide bonds. The number of hydrogen-bond acceptors (Lipinski definition) is 4. The molecule has 0 spiro atoms. The molecule has 2 aromatic carbocycles.